The number of carboxylic acids is 1. The van der Waals surface area contributed by atoms with Crippen LogP contribution in [0.1, 0.15) is 13.3 Å². The van der Waals surface area contributed by atoms with Gasteiger partial charge >= 0.3 is 5.97 Å². The SMILES string of the molecule is CC1C(=O)CC(C(=O)O)C1=O. The summed E-state index contributed by atoms with van der Waals surface area (Å²) in [6.45, 7) is 1.45. The zero-order chi connectivity index (χ0) is 8.59. The summed E-state index contributed by atoms with van der Waals surface area (Å²) in [5, 5.41) is 8.45. The molecule has 0 radical (unpaired) electrons. The molecular weight excluding hydrogens is 148 g/mol. The molecule has 2 unspecified atom stereocenters. The van der Waals surface area contributed by atoms with Crippen molar-refractivity contribution in [3.05, 3.63) is 0 Å². The molecule has 4 heteroatoms. The lowest BCUT2D eigenvalue weighted by Crippen LogP contribution is -2.20. The highest BCUT2D eigenvalue weighted by atomic mass is 16.4. The van der Waals surface area contributed by atoms with Gasteiger partial charge in [-0.25, -0.2) is 0 Å². The van der Waals surface area contributed by atoms with E-state index in [1.54, 1.807) is 0 Å². The molecule has 1 aliphatic rings. The number of carbonyl (C=O) groups excluding carboxylic acids is 2. The summed E-state index contributed by atoms with van der Waals surface area (Å²) in [5.74, 6) is -3.70. The molecule has 0 amide bonds. The first kappa shape index (κ1) is 7.91. The average molecular weight is 156 g/mol. The van der Waals surface area contributed by atoms with Gasteiger partial charge in [0.25, 0.3) is 0 Å². The van der Waals surface area contributed by atoms with Gasteiger partial charge in [-0.15, -0.1) is 0 Å². The van der Waals surface area contributed by atoms with Crippen molar-refractivity contribution in [3.63, 3.8) is 0 Å². The average Bonchev–Trinajstić information content (AvgIpc) is 2.17. The van der Waals surface area contributed by atoms with Crippen molar-refractivity contribution in [2.75, 3.05) is 0 Å². The molecule has 1 N–H and O–H groups in total. The van der Waals surface area contributed by atoms with Gasteiger partial charge in [-0.2, -0.15) is 0 Å². The summed E-state index contributed by atoms with van der Waals surface area (Å²) in [4.78, 5) is 32.1. The fraction of sp³-hybridized carbons (Fsp3) is 0.571. The van der Waals surface area contributed by atoms with Crippen LogP contribution >= 0.6 is 0 Å². The zero-order valence-electron chi connectivity index (χ0n) is 6.03. The van der Waals surface area contributed by atoms with Crippen molar-refractivity contribution in [2.24, 2.45) is 11.8 Å². The van der Waals surface area contributed by atoms with E-state index in [0.717, 1.165) is 0 Å². The minimum absolute atomic E-state index is 0.130. The predicted octanol–water partition coefficient (Wildman–Crippen LogP) is -0.135. The Hall–Kier alpha value is -1.19. The van der Waals surface area contributed by atoms with Crippen LogP contribution in [0.4, 0.5) is 0 Å². The van der Waals surface area contributed by atoms with Gasteiger partial charge in [0.15, 0.2) is 5.78 Å². The van der Waals surface area contributed by atoms with E-state index in [2.05, 4.69) is 0 Å². The Morgan fingerprint density at radius 2 is 2.09 bits per heavy atom. The molecule has 1 rings (SSSR count). The van der Waals surface area contributed by atoms with E-state index in [1.165, 1.54) is 6.92 Å². The van der Waals surface area contributed by atoms with Crippen molar-refractivity contribution >= 4 is 17.5 Å². The molecule has 1 fully saturated rings. The van der Waals surface area contributed by atoms with Gasteiger partial charge in [0.05, 0.1) is 5.92 Å². The highest BCUT2D eigenvalue weighted by molar-refractivity contribution is 6.16. The summed E-state index contributed by atoms with van der Waals surface area (Å²) in [5.41, 5.74) is 0. The maximum atomic E-state index is 11.0. The molecule has 0 heterocycles. The van der Waals surface area contributed by atoms with Crippen LogP contribution in [0.15, 0.2) is 0 Å². The van der Waals surface area contributed by atoms with Gasteiger partial charge < -0.3 is 5.11 Å². The van der Waals surface area contributed by atoms with E-state index in [4.69, 9.17) is 5.11 Å². The van der Waals surface area contributed by atoms with Crippen molar-refractivity contribution in [1.29, 1.82) is 0 Å². The number of Topliss-reactive ketones (excluding diaryl/α,β-unsaturated/α-hetero) is 2. The lowest BCUT2D eigenvalue weighted by molar-refractivity contribution is -0.145. The van der Waals surface area contributed by atoms with Crippen LogP contribution in [0.2, 0.25) is 0 Å². The first-order valence-corrected chi connectivity index (χ1v) is 3.33. The number of rotatable bonds is 1. The fourth-order valence-corrected chi connectivity index (χ4v) is 1.15. The normalized spacial score (nSPS) is 31.0. The largest absolute Gasteiger partial charge is 0.481 e. The molecule has 2 atom stereocenters. The Morgan fingerprint density at radius 3 is 2.27 bits per heavy atom. The first-order valence-electron chi connectivity index (χ1n) is 3.33. The molecule has 11 heavy (non-hydrogen) atoms. The summed E-state index contributed by atoms with van der Waals surface area (Å²) in [6.07, 6.45) is -0.130. The van der Waals surface area contributed by atoms with Crippen LogP contribution in [-0.4, -0.2) is 22.6 Å². The maximum Gasteiger partial charge on any atom is 0.314 e. The molecule has 1 aliphatic carbocycles. The van der Waals surface area contributed by atoms with Gasteiger partial charge in [-0.1, -0.05) is 0 Å². The van der Waals surface area contributed by atoms with Gasteiger partial charge in [0.1, 0.15) is 11.7 Å². The molecule has 0 spiro atoms. The highest BCUT2D eigenvalue weighted by Gasteiger charge is 2.42. The van der Waals surface area contributed by atoms with Crippen molar-refractivity contribution in [1.82, 2.24) is 0 Å². The van der Waals surface area contributed by atoms with Crippen LogP contribution in [-0.2, 0) is 14.4 Å². The van der Waals surface area contributed by atoms with E-state index < -0.39 is 23.6 Å². The summed E-state index contributed by atoms with van der Waals surface area (Å²) in [6, 6.07) is 0. The summed E-state index contributed by atoms with van der Waals surface area (Å²) < 4.78 is 0. The van der Waals surface area contributed by atoms with E-state index in [-0.39, 0.29) is 12.2 Å². The molecule has 1 saturated carbocycles. The standard InChI is InChI=1S/C7H8O4/c1-3-5(8)2-4(6(3)9)7(10)11/h3-4H,2H2,1H3,(H,10,11). The van der Waals surface area contributed by atoms with Gasteiger partial charge in [0, 0.05) is 6.42 Å². The Labute approximate surface area is 63.2 Å². The van der Waals surface area contributed by atoms with Crippen LogP contribution in [0.5, 0.6) is 0 Å². The molecule has 0 aromatic carbocycles. The van der Waals surface area contributed by atoms with E-state index >= 15 is 0 Å². The van der Waals surface area contributed by atoms with Crippen LogP contribution in [0.3, 0.4) is 0 Å². The van der Waals surface area contributed by atoms with Crippen molar-refractivity contribution < 1.29 is 19.5 Å². The van der Waals surface area contributed by atoms with Gasteiger partial charge in [0.2, 0.25) is 0 Å². The fourth-order valence-electron chi connectivity index (χ4n) is 1.15. The van der Waals surface area contributed by atoms with Gasteiger partial charge in [-0.05, 0) is 6.92 Å². The van der Waals surface area contributed by atoms with Crippen LogP contribution < -0.4 is 0 Å². The topological polar surface area (TPSA) is 71.4 Å². The second kappa shape index (κ2) is 2.45. The zero-order valence-corrected chi connectivity index (χ0v) is 6.03. The Kier molecular flexibility index (Phi) is 1.76. The molecule has 60 valence electrons. The second-order valence-corrected chi connectivity index (χ2v) is 2.69. The monoisotopic (exact) mass is 156 g/mol. The molecule has 0 aromatic rings. The van der Waals surface area contributed by atoms with Gasteiger partial charge in [-0.3, -0.25) is 14.4 Å². The highest BCUT2D eigenvalue weighted by Crippen LogP contribution is 2.23. The number of carboxylic acid groups (broad SMARTS) is 1. The number of hydrogen-bond donors (Lipinski definition) is 1. The molecule has 0 saturated heterocycles. The third kappa shape index (κ3) is 1.15. The van der Waals surface area contributed by atoms with Crippen LogP contribution in [0.25, 0.3) is 0 Å². The Morgan fingerprint density at radius 1 is 1.55 bits per heavy atom. The maximum absolute atomic E-state index is 11.0. The lowest BCUT2D eigenvalue weighted by Gasteiger charge is -1.98. The lowest BCUT2D eigenvalue weighted by atomic mass is 10.1. The van der Waals surface area contributed by atoms with Crippen molar-refractivity contribution in [3.8, 4) is 0 Å². The van der Waals surface area contributed by atoms with E-state index in [1.807, 2.05) is 0 Å². The first-order chi connectivity index (χ1) is 5.04. The molecule has 0 aromatic heterocycles. The van der Waals surface area contributed by atoms with E-state index in [9.17, 15) is 14.4 Å². The summed E-state index contributed by atoms with van der Waals surface area (Å²) in [7, 11) is 0. The minimum Gasteiger partial charge on any atom is -0.481 e. The second-order valence-electron chi connectivity index (χ2n) is 2.69. The molecular formula is C7H8O4. The van der Waals surface area contributed by atoms with E-state index in [0.29, 0.717) is 0 Å². The third-order valence-corrected chi connectivity index (χ3v) is 1.96. The number of hydrogen-bond acceptors (Lipinski definition) is 3. The number of ketones is 2. The predicted molar refractivity (Wildman–Crippen MR) is 34.9 cm³/mol. The Bertz CT molecular complexity index is 231. The third-order valence-electron chi connectivity index (χ3n) is 1.96. The van der Waals surface area contributed by atoms with Crippen LogP contribution in [0, 0.1) is 11.8 Å². The Balaban J connectivity index is 2.83. The number of aliphatic carboxylic acids is 1. The quantitative estimate of drug-likeness (QED) is 0.536. The number of carbonyl (C=O) groups is 3. The molecule has 4 nitrogen and oxygen atoms in total. The smallest absolute Gasteiger partial charge is 0.314 e. The molecule has 0 aliphatic heterocycles. The minimum atomic E-state index is -1.19. The summed E-state index contributed by atoms with van der Waals surface area (Å²) >= 11 is 0. The van der Waals surface area contributed by atoms with Crippen molar-refractivity contribution in [2.45, 2.75) is 13.3 Å². The molecule has 0 bridgehead atoms.